The summed E-state index contributed by atoms with van der Waals surface area (Å²) in [7, 11) is 1.93. The fourth-order valence-electron chi connectivity index (χ4n) is 2.02. The van der Waals surface area contributed by atoms with E-state index in [9.17, 15) is 0 Å². The minimum Gasteiger partial charge on any atom is -0.487 e. The summed E-state index contributed by atoms with van der Waals surface area (Å²) in [6, 6.07) is 7.90. The van der Waals surface area contributed by atoms with E-state index in [2.05, 4.69) is 28.0 Å². The van der Waals surface area contributed by atoms with Gasteiger partial charge in [0.2, 0.25) is 0 Å². The largest absolute Gasteiger partial charge is 0.487 e. The maximum Gasteiger partial charge on any atom is 0.131 e. The van der Waals surface area contributed by atoms with E-state index in [1.807, 2.05) is 42.9 Å². The van der Waals surface area contributed by atoms with Crippen LogP contribution in [0, 0.1) is 0 Å². The number of hydrogen-bond donors (Lipinski definition) is 1. The van der Waals surface area contributed by atoms with Gasteiger partial charge in [-0.05, 0) is 47.0 Å². The topological polar surface area (TPSA) is 53.1 Å². The van der Waals surface area contributed by atoms with Crippen molar-refractivity contribution in [2.45, 2.75) is 32.9 Å². The molecule has 0 spiro atoms. The SMILES string of the molecule is CCc1nn(C)c(COc2cccc(C(C)N)c2)c1Br. The lowest BCUT2D eigenvalue weighted by Gasteiger charge is -2.10. The van der Waals surface area contributed by atoms with Gasteiger partial charge in [-0.3, -0.25) is 4.68 Å². The number of aryl methyl sites for hydroxylation is 2. The van der Waals surface area contributed by atoms with Crippen molar-refractivity contribution in [1.29, 1.82) is 0 Å². The Labute approximate surface area is 128 Å². The van der Waals surface area contributed by atoms with Crippen LogP contribution in [-0.4, -0.2) is 9.78 Å². The monoisotopic (exact) mass is 337 g/mol. The van der Waals surface area contributed by atoms with Crippen LogP contribution < -0.4 is 10.5 Å². The molecule has 0 saturated heterocycles. The van der Waals surface area contributed by atoms with Crippen LogP contribution in [0.5, 0.6) is 5.75 Å². The van der Waals surface area contributed by atoms with Crippen molar-refractivity contribution in [1.82, 2.24) is 9.78 Å². The molecule has 108 valence electrons. The average molecular weight is 338 g/mol. The maximum atomic E-state index is 5.88. The maximum absolute atomic E-state index is 5.88. The number of benzene rings is 1. The minimum absolute atomic E-state index is 0.00804. The van der Waals surface area contributed by atoms with Crippen molar-refractivity contribution >= 4 is 15.9 Å². The van der Waals surface area contributed by atoms with E-state index in [1.165, 1.54) is 0 Å². The fraction of sp³-hybridized carbons (Fsp3) is 0.400. The Balaban J connectivity index is 2.13. The van der Waals surface area contributed by atoms with Crippen molar-refractivity contribution in [2.75, 3.05) is 0 Å². The molecule has 20 heavy (non-hydrogen) atoms. The predicted octanol–water partition coefficient (Wildman–Crippen LogP) is 3.34. The second kappa shape index (κ2) is 6.41. The lowest BCUT2D eigenvalue weighted by Crippen LogP contribution is -2.06. The van der Waals surface area contributed by atoms with E-state index in [4.69, 9.17) is 10.5 Å². The summed E-state index contributed by atoms with van der Waals surface area (Å²) in [4.78, 5) is 0. The van der Waals surface area contributed by atoms with Crippen LogP contribution in [0.25, 0.3) is 0 Å². The van der Waals surface area contributed by atoms with Gasteiger partial charge in [-0.2, -0.15) is 5.10 Å². The first kappa shape index (κ1) is 15.1. The molecule has 5 heteroatoms. The molecule has 0 fully saturated rings. The van der Waals surface area contributed by atoms with E-state index in [-0.39, 0.29) is 6.04 Å². The van der Waals surface area contributed by atoms with Crippen molar-refractivity contribution < 1.29 is 4.74 Å². The highest BCUT2D eigenvalue weighted by Crippen LogP contribution is 2.24. The highest BCUT2D eigenvalue weighted by molar-refractivity contribution is 9.10. The van der Waals surface area contributed by atoms with Gasteiger partial charge in [0.25, 0.3) is 0 Å². The Kier molecular flexibility index (Phi) is 4.83. The smallest absolute Gasteiger partial charge is 0.131 e. The molecule has 2 aromatic rings. The number of nitrogens with two attached hydrogens (primary N) is 1. The molecule has 0 amide bonds. The molecule has 1 heterocycles. The van der Waals surface area contributed by atoms with Crippen LogP contribution in [0.15, 0.2) is 28.7 Å². The number of halogens is 1. The van der Waals surface area contributed by atoms with Gasteiger partial charge in [0.05, 0.1) is 15.9 Å². The molecule has 0 aliphatic carbocycles. The van der Waals surface area contributed by atoms with Crippen molar-refractivity contribution in [3.8, 4) is 5.75 Å². The van der Waals surface area contributed by atoms with Gasteiger partial charge in [0, 0.05) is 13.1 Å². The molecule has 4 nitrogen and oxygen atoms in total. The zero-order valence-corrected chi connectivity index (χ0v) is 13.6. The normalized spacial score (nSPS) is 12.4. The summed E-state index contributed by atoms with van der Waals surface area (Å²) < 4.78 is 8.75. The number of rotatable bonds is 5. The molecular weight excluding hydrogens is 318 g/mol. The zero-order valence-electron chi connectivity index (χ0n) is 12.1. The second-order valence-electron chi connectivity index (χ2n) is 4.83. The van der Waals surface area contributed by atoms with Crippen LogP contribution in [0.3, 0.4) is 0 Å². The molecule has 1 aromatic heterocycles. The molecule has 1 aromatic carbocycles. The van der Waals surface area contributed by atoms with Gasteiger partial charge >= 0.3 is 0 Å². The second-order valence-corrected chi connectivity index (χ2v) is 5.63. The number of nitrogens with zero attached hydrogens (tertiary/aromatic N) is 2. The first-order valence-corrected chi connectivity index (χ1v) is 7.50. The van der Waals surface area contributed by atoms with E-state index >= 15 is 0 Å². The standard InChI is InChI=1S/C15H20BrN3O/c1-4-13-15(16)14(19(3)18-13)9-20-12-7-5-6-11(8-12)10(2)17/h5-8,10H,4,9,17H2,1-3H3. The summed E-state index contributed by atoms with van der Waals surface area (Å²) in [5.41, 5.74) is 9.04. The number of ether oxygens (including phenoxy) is 1. The van der Waals surface area contributed by atoms with Gasteiger partial charge in [-0.25, -0.2) is 0 Å². The Morgan fingerprint density at radius 1 is 1.45 bits per heavy atom. The van der Waals surface area contributed by atoms with E-state index in [0.29, 0.717) is 6.61 Å². The molecule has 1 unspecified atom stereocenters. The molecule has 2 N–H and O–H groups in total. The first-order chi connectivity index (χ1) is 9.52. The summed E-state index contributed by atoms with van der Waals surface area (Å²) in [6.45, 7) is 4.53. The minimum atomic E-state index is 0.00804. The van der Waals surface area contributed by atoms with Crippen LogP contribution in [-0.2, 0) is 20.1 Å². The molecule has 0 saturated carbocycles. The lowest BCUT2D eigenvalue weighted by atomic mass is 10.1. The molecular formula is C15H20BrN3O. The molecule has 2 rings (SSSR count). The Morgan fingerprint density at radius 2 is 2.20 bits per heavy atom. The molecule has 0 aliphatic heterocycles. The van der Waals surface area contributed by atoms with E-state index in [0.717, 1.165) is 33.6 Å². The highest BCUT2D eigenvalue weighted by atomic mass is 79.9. The third-order valence-electron chi connectivity index (χ3n) is 3.26. The van der Waals surface area contributed by atoms with Crippen LogP contribution >= 0.6 is 15.9 Å². The zero-order chi connectivity index (χ0) is 14.7. The first-order valence-electron chi connectivity index (χ1n) is 6.71. The third kappa shape index (κ3) is 3.22. The van der Waals surface area contributed by atoms with Crippen molar-refractivity contribution in [2.24, 2.45) is 12.8 Å². The average Bonchev–Trinajstić information content (AvgIpc) is 2.71. The number of hydrogen-bond acceptors (Lipinski definition) is 3. The summed E-state index contributed by atoms with van der Waals surface area (Å²) in [5.74, 6) is 0.825. The Morgan fingerprint density at radius 3 is 2.80 bits per heavy atom. The third-order valence-corrected chi connectivity index (χ3v) is 4.18. The van der Waals surface area contributed by atoms with Crippen LogP contribution in [0.4, 0.5) is 0 Å². The van der Waals surface area contributed by atoms with Gasteiger partial charge < -0.3 is 10.5 Å². The summed E-state index contributed by atoms with van der Waals surface area (Å²) in [5, 5.41) is 4.46. The van der Waals surface area contributed by atoms with Gasteiger partial charge in [0.1, 0.15) is 12.4 Å². The Hall–Kier alpha value is -1.33. The van der Waals surface area contributed by atoms with Crippen molar-refractivity contribution in [3.05, 3.63) is 45.7 Å². The quantitative estimate of drug-likeness (QED) is 0.910. The molecule has 0 aliphatic rings. The lowest BCUT2D eigenvalue weighted by molar-refractivity contribution is 0.293. The molecule has 1 atom stereocenters. The van der Waals surface area contributed by atoms with E-state index < -0.39 is 0 Å². The Bertz CT molecular complexity index is 593. The molecule has 0 bridgehead atoms. The number of aromatic nitrogens is 2. The van der Waals surface area contributed by atoms with Crippen molar-refractivity contribution in [3.63, 3.8) is 0 Å². The fourth-order valence-corrected chi connectivity index (χ4v) is 2.75. The van der Waals surface area contributed by atoms with E-state index in [1.54, 1.807) is 0 Å². The van der Waals surface area contributed by atoms with Crippen LogP contribution in [0.1, 0.15) is 36.8 Å². The molecule has 0 radical (unpaired) electrons. The van der Waals surface area contributed by atoms with Crippen LogP contribution in [0.2, 0.25) is 0 Å². The van der Waals surface area contributed by atoms with Gasteiger partial charge in [0.15, 0.2) is 0 Å². The van der Waals surface area contributed by atoms with Gasteiger partial charge in [-0.15, -0.1) is 0 Å². The summed E-state index contributed by atoms with van der Waals surface area (Å²) >= 11 is 3.59. The summed E-state index contributed by atoms with van der Waals surface area (Å²) in [6.07, 6.45) is 0.897. The highest BCUT2D eigenvalue weighted by Gasteiger charge is 2.13. The van der Waals surface area contributed by atoms with Gasteiger partial charge in [-0.1, -0.05) is 19.1 Å². The predicted molar refractivity (Wildman–Crippen MR) is 83.7 cm³/mol.